The number of nitrogens with zero attached hydrogens (tertiary/aromatic N) is 4. The summed E-state index contributed by atoms with van der Waals surface area (Å²) in [5.41, 5.74) is 1.98. The fraction of sp³-hybridized carbons (Fsp3) is 0.387. The first kappa shape index (κ1) is 30.8. The number of pyridine rings is 1. The summed E-state index contributed by atoms with van der Waals surface area (Å²) in [6, 6.07) is 18.6. The zero-order chi connectivity index (χ0) is 30.0. The number of carbonyl (C=O) groups is 2. The maximum absolute atomic E-state index is 13.7. The molecule has 0 saturated carbocycles. The van der Waals surface area contributed by atoms with Crippen LogP contribution in [0.15, 0.2) is 79.1 Å². The maximum atomic E-state index is 13.7. The van der Waals surface area contributed by atoms with Gasteiger partial charge in [-0.05, 0) is 92.7 Å². The van der Waals surface area contributed by atoms with Gasteiger partial charge in [-0.3, -0.25) is 4.98 Å². The lowest BCUT2D eigenvalue weighted by molar-refractivity contribution is -0.200. The molecule has 0 N–H and O–H groups in total. The van der Waals surface area contributed by atoms with Gasteiger partial charge >= 0.3 is 18.2 Å². The van der Waals surface area contributed by atoms with E-state index < -0.39 is 18.2 Å². The molecule has 8 nitrogen and oxygen atoms in total. The summed E-state index contributed by atoms with van der Waals surface area (Å²) < 4.78 is 44.6. The van der Waals surface area contributed by atoms with E-state index in [4.69, 9.17) is 4.74 Å². The summed E-state index contributed by atoms with van der Waals surface area (Å²) in [6.07, 6.45) is 1.67. The zero-order valence-corrected chi connectivity index (χ0v) is 23.5. The average Bonchev–Trinajstić information content (AvgIpc) is 3.00. The molecule has 2 heterocycles. The molecule has 0 aliphatic carbocycles. The number of methoxy groups -OCH3 is 1. The first-order valence-corrected chi connectivity index (χ1v) is 13.9. The van der Waals surface area contributed by atoms with E-state index in [0.29, 0.717) is 28.7 Å². The van der Waals surface area contributed by atoms with Crippen molar-refractivity contribution in [2.24, 2.45) is 5.92 Å². The molecule has 1 aromatic heterocycles. The molecule has 11 heteroatoms. The van der Waals surface area contributed by atoms with Gasteiger partial charge in [-0.15, -0.1) is 5.06 Å². The predicted molar refractivity (Wildman–Crippen MR) is 152 cm³/mol. The molecule has 0 bridgehead atoms. The van der Waals surface area contributed by atoms with Crippen LogP contribution in [0.5, 0.6) is 5.75 Å². The molecule has 1 fully saturated rings. The molecule has 0 spiro atoms. The van der Waals surface area contributed by atoms with Crippen molar-refractivity contribution in [1.29, 1.82) is 0 Å². The Hall–Kier alpha value is -4.12. The van der Waals surface area contributed by atoms with Crippen LogP contribution in [0.3, 0.4) is 0 Å². The summed E-state index contributed by atoms with van der Waals surface area (Å²) in [4.78, 5) is 37.9. The van der Waals surface area contributed by atoms with Crippen molar-refractivity contribution in [3.05, 3.63) is 90.3 Å². The minimum absolute atomic E-state index is 0.0462. The molecule has 3 aromatic rings. The first-order valence-electron chi connectivity index (χ1n) is 13.9. The highest BCUT2D eigenvalue weighted by molar-refractivity contribution is 5.93. The van der Waals surface area contributed by atoms with E-state index in [1.165, 1.54) is 41.8 Å². The quantitative estimate of drug-likeness (QED) is 0.277. The molecule has 1 aliphatic rings. The summed E-state index contributed by atoms with van der Waals surface area (Å²) in [7, 11) is 1.43. The second-order valence-electron chi connectivity index (χ2n) is 10.3. The molecule has 1 aliphatic heterocycles. The van der Waals surface area contributed by atoms with Gasteiger partial charge < -0.3 is 19.4 Å². The molecule has 224 valence electrons. The Morgan fingerprint density at radius 1 is 0.976 bits per heavy atom. The molecule has 0 radical (unpaired) electrons. The Morgan fingerprint density at radius 2 is 1.67 bits per heavy atom. The van der Waals surface area contributed by atoms with Crippen LogP contribution in [0.25, 0.3) is 0 Å². The van der Waals surface area contributed by atoms with Crippen molar-refractivity contribution in [1.82, 2.24) is 14.8 Å². The van der Waals surface area contributed by atoms with Crippen molar-refractivity contribution < 1.29 is 32.3 Å². The number of hydrogen-bond donors (Lipinski definition) is 0. The molecule has 1 saturated heterocycles. The molecule has 42 heavy (non-hydrogen) atoms. The molecule has 0 atom stereocenters. The average molecular weight is 585 g/mol. The van der Waals surface area contributed by atoms with Crippen LogP contribution < -0.4 is 9.80 Å². The van der Waals surface area contributed by atoms with Gasteiger partial charge in [0.05, 0.1) is 12.8 Å². The van der Waals surface area contributed by atoms with Gasteiger partial charge in [0, 0.05) is 25.5 Å². The number of amides is 2. The van der Waals surface area contributed by atoms with Crippen molar-refractivity contribution >= 4 is 17.7 Å². The topological polar surface area (TPSA) is 75.2 Å². The molecular formula is C31H35F3N4O4. The normalized spacial score (nSPS) is 14.3. The van der Waals surface area contributed by atoms with E-state index in [1.807, 2.05) is 6.07 Å². The molecule has 2 amide bonds. The number of ether oxygens (including phenoxy) is 1. The summed E-state index contributed by atoms with van der Waals surface area (Å²) in [6.45, 7) is 2.90. The second kappa shape index (κ2) is 14.7. The van der Waals surface area contributed by atoms with Gasteiger partial charge in [0.15, 0.2) is 0 Å². The minimum Gasteiger partial charge on any atom is -0.497 e. The van der Waals surface area contributed by atoms with E-state index in [9.17, 15) is 22.8 Å². The van der Waals surface area contributed by atoms with E-state index in [2.05, 4.69) is 39.0 Å². The van der Waals surface area contributed by atoms with Crippen molar-refractivity contribution in [3.63, 3.8) is 0 Å². The number of benzene rings is 2. The number of carbonyl (C=O) groups excluding carboxylic acids is 2. The van der Waals surface area contributed by atoms with E-state index in [1.54, 1.807) is 24.5 Å². The van der Waals surface area contributed by atoms with E-state index in [-0.39, 0.29) is 18.8 Å². The summed E-state index contributed by atoms with van der Waals surface area (Å²) in [5.74, 6) is -1.45. The SMILES string of the molecule is COc1ccc(N(OC(=O)C(F)(F)F)C(=O)N(CCCN2CCC(Cc3ccccc3)CC2)Cc2cccnc2)cc1. The van der Waals surface area contributed by atoms with Crippen LogP contribution in [0, 0.1) is 5.92 Å². The largest absolute Gasteiger partial charge is 0.497 e. The van der Waals surface area contributed by atoms with Gasteiger partial charge in [-0.1, -0.05) is 36.4 Å². The predicted octanol–water partition coefficient (Wildman–Crippen LogP) is 5.88. The number of aromatic nitrogens is 1. The Bertz CT molecular complexity index is 1270. The third-order valence-electron chi connectivity index (χ3n) is 7.23. The standard InChI is InChI=1S/C31H35F3N4O4/c1-41-28-12-10-27(11-13-28)38(42-29(39)31(32,33)34)30(40)37(23-26-9-5-16-35-22-26)18-6-17-36-19-14-25(15-20-36)21-24-7-3-2-4-8-24/h2-5,7-13,16,22,25H,6,14-15,17-21,23H2,1H3. The smallest absolute Gasteiger partial charge is 0.493 e. The highest BCUT2D eigenvalue weighted by atomic mass is 19.4. The third-order valence-corrected chi connectivity index (χ3v) is 7.23. The van der Waals surface area contributed by atoms with Gasteiger partial charge in [0.25, 0.3) is 0 Å². The monoisotopic (exact) mass is 584 g/mol. The van der Waals surface area contributed by atoms with Gasteiger partial charge in [0.1, 0.15) is 5.75 Å². The van der Waals surface area contributed by atoms with Crippen LogP contribution in [0.1, 0.15) is 30.4 Å². The lowest BCUT2D eigenvalue weighted by atomic mass is 9.90. The molecule has 2 aromatic carbocycles. The Morgan fingerprint density at radius 3 is 2.29 bits per heavy atom. The fourth-order valence-electron chi connectivity index (χ4n) is 4.98. The number of alkyl halides is 3. The highest BCUT2D eigenvalue weighted by Crippen LogP contribution is 2.26. The summed E-state index contributed by atoms with van der Waals surface area (Å²) in [5, 5.41) is 0.390. The van der Waals surface area contributed by atoms with Crippen LogP contribution in [-0.2, 0) is 22.6 Å². The van der Waals surface area contributed by atoms with Crippen LogP contribution in [0.4, 0.5) is 23.7 Å². The number of likely N-dealkylation sites (tertiary alicyclic amines) is 1. The number of hydroxylamine groups is 1. The highest BCUT2D eigenvalue weighted by Gasteiger charge is 2.44. The molecular weight excluding hydrogens is 549 g/mol. The van der Waals surface area contributed by atoms with E-state index >= 15 is 0 Å². The number of rotatable bonds is 10. The van der Waals surface area contributed by atoms with E-state index in [0.717, 1.165) is 38.9 Å². The van der Waals surface area contributed by atoms with Crippen molar-refractivity contribution in [2.75, 3.05) is 38.4 Å². The minimum atomic E-state index is -5.29. The molecule has 0 unspecified atom stereocenters. The second-order valence-corrected chi connectivity index (χ2v) is 10.3. The number of urea groups is 1. The lowest BCUT2D eigenvalue weighted by Gasteiger charge is -2.33. The zero-order valence-electron chi connectivity index (χ0n) is 23.5. The van der Waals surface area contributed by atoms with Crippen molar-refractivity contribution in [3.8, 4) is 5.75 Å². The fourth-order valence-corrected chi connectivity index (χ4v) is 4.98. The number of hydrogen-bond acceptors (Lipinski definition) is 6. The Balaban J connectivity index is 1.43. The number of halogens is 3. The van der Waals surface area contributed by atoms with Gasteiger partial charge in [-0.2, -0.15) is 13.2 Å². The molecule has 4 rings (SSSR count). The maximum Gasteiger partial charge on any atom is 0.493 e. The number of piperidine rings is 1. The van der Waals surface area contributed by atoms with Gasteiger partial charge in [0.2, 0.25) is 0 Å². The van der Waals surface area contributed by atoms with Crippen LogP contribution >= 0.6 is 0 Å². The number of anilines is 1. The Labute approximate surface area is 243 Å². The lowest BCUT2D eigenvalue weighted by Crippen LogP contribution is -2.47. The van der Waals surface area contributed by atoms with Crippen molar-refractivity contribution in [2.45, 2.75) is 38.4 Å². The van der Waals surface area contributed by atoms with Crippen LogP contribution in [-0.4, -0.2) is 66.2 Å². The summed E-state index contributed by atoms with van der Waals surface area (Å²) >= 11 is 0. The van der Waals surface area contributed by atoms with Gasteiger partial charge in [-0.25, -0.2) is 9.59 Å². The third kappa shape index (κ3) is 8.94. The van der Waals surface area contributed by atoms with Crippen LogP contribution in [0.2, 0.25) is 0 Å². The Kier molecular flexibility index (Phi) is 10.8. The first-order chi connectivity index (χ1) is 20.2.